The van der Waals surface area contributed by atoms with Crippen molar-refractivity contribution in [1.82, 2.24) is 4.98 Å². The average Bonchev–Trinajstić information content (AvgIpc) is 2.18. The first-order valence-electron chi connectivity index (χ1n) is 4.32. The molecule has 0 saturated carbocycles. The lowest BCUT2D eigenvalue weighted by atomic mass is 10.3. The summed E-state index contributed by atoms with van der Waals surface area (Å²) in [4.78, 5) is 25.2. The predicted molar refractivity (Wildman–Crippen MR) is 53.5 cm³/mol. The van der Waals surface area contributed by atoms with Gasteiger partial charge in [-0.05, 0) is 12.1 Å². The fourth-order valence-electron chi connectivity index (χ4n) is 0.949. The van der Waals surface area contributed by atoms with Crippen LogP contribution in [0, 0.1) is 0 Å². The number of carboxylic acid groups (broad SMARTS) is 1. The van der Waals surface area contributed by atoms with Crippen molar-refractivity contribution in [2.24, 2.45) is 5.73 Å². The Morgan fingerprint density at radius 2 is 2.20 bits per heavy atom. The van der Waals surface area contributed by atoms with E-state index >= 15 is 0 Å². The predicted octanol–water partition coefficient (Wildman–Crippen LogP) is 0.0671. The van der Waals surface area contributed by atoms with Crippen LogP contribution in [0.2, 0.25) is 0 Å². The van der Waals surface area contributed by atoms with Crippen molar-refractivity contribution >= 4 is 17.6 Å². The average molecular weight is 209 g/mol. The Morgan fingerprint density at radius 1 is 1.47 bits per heavy atom. The fourth-order valence-corrected chi connectivity index (χ4v) is 0.949. The molecule has 0 aliphatic carbocycles. The molecule has 6 heteroatoms. The number of carboxylic acids is 1. The molecule has 0 aliphatic rings. The first kappa shape index (κ1) is 11.1. The summed E-state index contributed by atoms with van der Waals surface area (Å²) in [5, 5.41) is 11.1. The molecule has 80 valence electrons. The first-order valence-corrected chi connectivity index (χ1v) is 4.32. The highest BCUT2D eigenvalue weighted by Crippen LogP contribution is 2.06. The number of nitrogens with two attached hydrogens (primary N) is 1. The molecule has 1 heterocycles. The number of hydrogen-bond donors (Lipinski definition) is 3. The van der Waals surface area contributed by atoms with Crippen LogP contribution in [0.4, 0.5) is 5.69 Å². The summed E-state index contributed by atoms with van der Waals surface area (Å²) in [6.45, 7) is 0.270. The molecule has 0 spiro atoms. The highest BCUT2D eigenvalue weighted by molar-refractivity contribution is 5.91. The third-order valence-electron chi connectivity index (χ3n) is 1.64. The van der Waals surface area contributed by atoms with Gasteiger partial charge in [0.1, 0.15) is 5.69 Å². The molecule has 0 fully saturated rings. The molecule has 6 nitrogen and oxygen atoms in total. The summed E-state index contributed by atoms with van der Waals surface area (Å²) < 4.78 is 0. The molecule has 4 N–H and O–H groups in total. The summed E-state index contributed by atoms with van der Waals surface area (Å²) >= 11 is 0. The number of nitrogens with zero attached hydrogens (tertiary/aromatic N) is 1. The maximum absolute atomic E-state index is 11.1. The number of carbonyl (C=O) groups is 2. The fraction of sp³-hybridized carbons (Fsp3) is 0.222. The van der Waals surface area contributed by atoms with E-state index in [1.165, 1.54) is 18.3 Å². The molecule has 15 heavy (non-hydrogen) atoms. The van der Waals surface area contributed by atoms with E-state index in [0.29, 0.717) is 5.69 Å². The number of nitrogens with one attached hydrogen (secondary N) is 1. The van der Waals surface area contributed by atoms with Gasteiger partial charge in [0, 0.05) is 13.0 Å². The van der Waals surface area contributed by atoms with Crippen molar-refractivity contribution in [3.63, 3.8) is 0 Å². The van der Waals surface area contributed by atoms with E-state index < -0.39 is 5.97 Å². The number of hydrogen-bond acceptors (Lipinski definition) is 4. The molecule has 0 bridgehead atoms. The number of aromatic nitrogens is 1. The summed E-state index contributed by atoms with van der Waals surface area (Å²) in [6, 6.07) is 2.80. The quantitative estimate of drug-likeness (QED) is 0.650. The molecule has 0 saturated heterocycles. The van der Waals surface area contributed by atoms with Crippen LogP contribution in [0.5, 0.6) is 0 Å². The van der Waals surface area contributed by atoms with E-state index in [0.717, 1.165) is 0 Å². The lowest BCUT2D eigenvalue weighted by Gasteiger charge is -2.03. The van der Waals surface area contributed by atoms with Crippen LogP contribution in [0.25, 0.3) is 0 Å². The Hall–Kier alpha value is -1.95. The zero-order chi connectivity index (χ0) is 11.3. The van der Waals surface area contributed by atoms with Crippen molar-refractivity contribution in [2.75, 3.05) is 11.9 Å². The van der Waals surface area contributed by atoms with Crippen LogP contribution < -0.4 is 11.1 Å². The smallest absolute Gasteiger partial charge is 0.354 e. The highest BCUT2D eigenvalue weighted by atomic mass is 16.4. The van der Waals surface area contributed by atoms with Gasteiger partial charge in [0.25, 0.3) is 0 Å². The zero-order valence-corrected chi connectivity index (χ0v) is 7.93. The van der Waals surface area contributed by atoms with Gasteiger partial charge < -0.3 is 16.2 Å². The van der Waals surface area contributed by atoms with Crippen molar-refractivity contribution in [1.29, 1.82) is 0 Å². The molecular formula is C9H11N3O3. The molecule has 0 radical (unpaired) electrons. The maximum Gasteiger partial charge on any atom is 0.354 e. The second-order valence-electron chi connectivity index (χ2n) is 2.82. The first-order chi connectivity index (χ1) is 7.13. The number of rotatable bonds is 4. The molecule has 0 aromatic carbocycles. The van der Waals surface area contributed by atoms with Crippen LogP contribution in [0.1, 0.15) is 16.9 Å². The standard InChI is InChI=1S/C9H11N3O3/c10-4-3-8(13)12-6-1-2-7(9(14)15)11-5-6/h1-2,5H,3-4,10H2,(H,12,13)(H,14,15). The highest BCUT2D eigenvalue weighted by Gasteiger charge is 2.05. The van der Waals surface area contributed by atoms with Gasteiger partial charge in [-0.25, -0.2) is 9.78 Å². The lowest BCUT2D eigenvalue weighted by molar-refractivity contribution is -0.116. The van der Waals surface area contributed by atoms with Crippen LogP contribution in [0.3, 0.4) is 0 Å². The molecule has 1 rings (SSSR count). The number of amides is 1. The van der Waals surface area contributed by atoms with E-state index in [1.807, 2.05) is 0 Å². The SMILES string of the molecule is NCCC(=O)Nc1ccc(C(=O)O)nc1. The van der Waals surface area contributed by atoms with Crippen LogP contribution in [0.15, 0.2) is 18.3 Å². The molecule has 1 aromatic rings. The number of anilines is 1. The van der Waals surface area contributed by atoms with Gasteiger partial charge >= 0.3 is 5.97 Å². The van der Waals surface area contributed by atoms with Crippen molar-refractivity contribution in [3.05, 3.63) is 24.0 Å². The summed E-state index contributed by atoms with van der Waals surface area (Å²) in [5.74, 6) is -1.32. The van der Waals surface area contributed by atoms with Gasteiger partial charge in [-0.2, -0.15) is 0 Å². The van der Waals surface area contributed by atoms with Gasteiger partial charge in [0.15, 0.2) is 0 Å². The van der Waals surface area contributed by atoms with Gasteiger partial charge in [-0.3, -0.25) is 4.79 Å². The number of carbonyl (C=O) groups excluding carboxylic acids is 1. The molecule has 0 aliphatic heterocycles. The van der Waals surface area contributed by atoms with Gasteiger partial charge in [0.05, 0.1) is 11.9 Å². The molecule has 1 amide bonds. The van der Waals surface area contributed by atoms with Gasteiger partial charge in [-0.1, -0.05) is 0 Å². The second-order valence-corrected chi connectivity index (χ2v) is 2.82. The minimum Gasteiger partial charge on any atom is -0.477 e. The minimum atomic E-state index is -1.10. The largest absolute Gasteiger partial charge is 0.477 e. The Labute approximate surface area is 86.1 Å². The second kappa shape index (κ2) is 5.06. The number of pyridine rings is 1. The normalized spacial score (nSPS) is 9.67. The van der Waals surface area contributed by atoms with Crippen LogP contribution >= 0.6 is 0 Å². The van der Waals surface area contributed by atoms with Gasteiger partial charge in [0.2, 0.25) is 5.91 Å². The molecular weight excluding hydrogens is 198 g/mol. The minimum absolute atomic E-state index is 0.0631. The third-order valence-corrected chi connectivity index (χ3v) is 1.64. The Morgan fingerprint density at radius 3 is 2.67 bits per heavy atom. The van der Waals surface area contributed by atoms with E-state index in [-0.39, 0.29) is 24.6 Å². The van der Waals surface area contributed by atoms with E-state index in [4.69, 9.17) is 10.8 Å². The molecule has 1 aromatic heterocycles. The van der Waals surface area contributed by atoms with Crippen molar-refractivity contribution < 1.29 is 14.7 Å². The zero-order valence-electron chi connectivity index (χ0n) is 7.93. The van der Waals surface area contributed by atoms with Gasteiger partial charge in [-0.15, -0.1) is 0 Å². The third kappa shape index (κ3) is 3.35. The van der Waals surface area contributed by atoms with E-state index in [1.54, 1.807) is 0 Å². The number of aromatic carboxylic acids is 1. The van der Waals surface area contributed by atoms with Crippen LogP contribution in [-0.2, 0) is 4.79 Å². The Balaban J connectivity index is 2.64. The topological polar surface area (TPSA) is 105 Å². The van der Waals surface area contributed by atoms with Crippen molar-refractivity contribution in [3.8, 4) is 0 Å². The Bertz CT molecular complexity index is 361. The lowest BCUT2D eigenvalue weighted by Crippen LogP contribution is -2.16. The summed E-state index contributed by atoms with van der Waals surface area (Å²) in [7, 11) is 0. The van der Waals surface area contributed by atoms with Crippen molar-refractivity contribution in [2.45, 2.75) is 6.42 Å². The summed E-state index contributed by atoms with van der Waals surface area (Å²) in [5.41, 5.74) is 5.59. The maximum atomic E-state index is 11.1. The van der Waals surface area contributed by atoms with E-state index in [9.17, 15) is 9.59 Å². The molecule has 0 atom stereocenters. The van der Waals surface area contributed by atoms with E-state index in [2.05, 4.69) is 10.3 Å². The Kier molecular flexibility index (Phi) is 3.75. The molecule has 0 unspecified atom stereocenters. The van der Waals surface area contributed by atoms with Crippen LogP contribution in [-0.4, -0.2) is 28.5 Å². The summed E-state index contributed by atoms with van der Waals surface area (Å²) in [6.07, 6.45) is 1.51. The monoisotopic (exact) mass is 209 g/mol.